The Balaban J connectivity index is 1.49. The number of benzene rings is 1. The number of carbonyl (C=O) groups is 1. The zero-order chi connectivity index (χ0) is 16.9. The molecule has 0 saturated carbocycles. The summed E-state index contributed by atoms with van der Waals surface area (Å²) in [7, 11) is 0. The molecule has 1 atom stereocenters. The maximum atomic E-state index is 12.3. The van der Waals surface area contributed by atoms with Gasteiger partial charge in [-0.25, -0.2) is 4.98 Å². The third-order valence-corrected chi connectivity index (χ3v) is 4.20. The number of aromatic nitrogens is 1. The minimum atomic E-state index is -0.104. The van der Waals surface area contributed by atoms with Crippen molar-refractivity contribution >= 4 is 29.1 Å². The van der Waals surface area contributed by atoms with Gasteiger partial charge in [-0.2, -0.15) is 0 Å². The first kappa shape index (κ1) is 16.9. The number of carbonyl (C=O) groups excluding carboxylic acids is 1. The molecule has 1 amide bonds. The molecule has 0 radical (unpaired) electrons. The molecule has 5 nitrogen and oxygen atoms in total. The Morgan fingerprint density at radius 3 is 2.92 bits per heavy atom. The van der Waals surface area contributed by atoms with Gasteiger partial charge < -0.3 is 14.4 Å². The number of amides is 1. The van der Waals surface area contributed by atoms with Crippen molar-refractivity contribution in [2.24, 2.45) is 0 Å². The van der Waals surface area contributed by atoms with Crippen molar-refractivity contribution < 1.29 is 14.3 Å². The van der Waals surface area contributed by atoms with E-state index in [-0.39, 0.29) is 18.6 Å². The van der Waals surface area contributed by atoms with Crippen LogP contribution >= 0.6 is 23.2 Å². The van der Waals surface area contributed by atoms with Crippen LogP contribution in [0.4, 0.5) is 0 Å². The summed E-state index contributed by atoms with van der Waals surface area (Å²) in [4.78, 5) is 18.1. The second-order valence-electron chi connectivity index (χ2n) is 5.40. The van der Waals surface area contributed by atoms with Gasteiger partial charge in [0.05, 0.1) is 11.6 Å². The average Bonchev–Trinajstić information content (AvgIpc) is 3.03. The summed E-state index contributed by atoms with van der Waals surface area (Å²) in [5.74, 6) is 0.907. The molecular formula is C17H16Cl2N2O3. The third-order valence-electron chi connectivity index (χ3n) is 3.67. The van der Waals surface area contributed by atoms with Gasteiger partial charge >= 0.3 is 0 Å². The Bertz CT molecular complexity index is 712. The molecule has 1 fully saturated rings. The molecule has 3 rings (SSSR count). The zero-order valence-electron chi connectivity index (χ0n) is 12.8. The van der Waals surface area contributed by atoms with Gasteiger partial charge in [0.25, 0.3) is 5.91 Å². The first-order valence-electron chi connectivity index (χ1n) is 7.55. The van der Waals surface area contributed by atoms with Crippen LogP contribution in [0.3, 0.4) is 0 Å². The van der Waals surface area contributed by atoms with Crippen LogP contribution in [-0.4, -0.2) is 41.6 Å². The van der Waals surface area contributed by atoms with Crippen LogP contribution in [0, 0.1) is 0 Å². The Kier molecular flexibility index (Phi) is 5.43. The first-order valence-corrected chi connectivity index (χ1v) is 8.31. The van der Waals surface area contributed by atoms with Crippen molar-refractivity contribution in [1.29, 1.82) is 0 Å². The molecule has 1 aromatic heterocycles. The monoisotopic (exact) mass is 366 g/mol. The van der Waals surface area contributed by atoms with Crippen LogP contribution in [0.1, 0.15) is 6.42 Å². The lowest BCUT2D eigenvalue weighted by Crippen LogP contribution is -2.34. The van der Waals surface area contributed by atoms with E-state index in [4.69, 9.17) is 32.7 Å². The highest BCUT2D eigenvalue weighted by atomic mass is 35.5. The second-order valence-corrected chi connectivity index (χ2v) is 6.24. The summed E-state index contributed by atoms with van der Waals surface area (Å²) in [6.45, 7) is 1.08. The second kappa shape index (κ2) is 7.73. The molecule has 7 heteroatoms. The molecule has 1 aromatic carbocycles. The third kappa shape index (κ3) is 4.30. The van der Waals surface area contributed by atoms with E-state index < -0.39 is 0 Å². The van der Waals surface area contributed by atoms with Crippen LogP contribution in [0.15, 0.2) is 42.6 Å². The summed E-state index contributed by atoms with van der Waals surface area (Å²) in [5, 5.41) is 0.904. The molecule has 2 aromatic rings. The van der Waals surface area contributed by atoms with Crippen LogP contribution in [-0.2, 0) is 4.79 Å². The minimum absolute atomic E-state index is 0.0528. The Morgan fingerprint density at radius 2 is 2.17 bits per heavy atom. The summed E-state index contributed by atoms with van der Waals surface area (Å²) in [6.07, 6.45) is 2.39. The number of nitrogens with zero attached hydrogens (tertiary/aromatic N) is 2. The first-order chi connectivity index (χ1) is 11.6. The molecule has 1 aliphatic heterocycles. The lowest BCUT2D eigenvalue weighted by atomic mass is 10.3. The highest BCUT2D eigenvalue weighted by Gasteiger charge is 2.28. The van der Waals surface area contributed by atoms with E-state index in [9.17, 15) is 4.79 Å². The molecule has 1 saturated heterocycles. The maximum Gasteiger partial charge on any atom is 0.260 e. The molecule has 0 bridgehead atoms. The van der Waals surface area contributed by atoms with Gasteiger partial charge in [-0.3, -0.25) is 4.79 Å². The van der Waals surface area contributed by atoms with E-state index in [0.717, 1.165) is 6.42 Å². The predicted octanol–water partition coefficient (Wildman–Crippen LogP) is 3.45. The van der Waals surface area contributed by atoms with Crippen LogP contribution in [0.5, 0.6) is 11.6 Å². The Labute approximate surface area is 150 Å². The predicted molar refractivity (Wildman–Crippen MR) is 91.8 cm³/mol. The van der Waals surface area contributed by atoms with Gasteiger partial charge in [0, 0.05) is 30.3 Å². The highest BCUT2D eigenvalue weighted by Crippen LogP contribution is 2.27. The van der Waals surface area contributed by atoms with E-state index in [1.54, 1.807) is 35.4 Å². The molecule has 24 heavy (non-hydrogen) atoms. The summed E-state index contributed by atoms with van der Waals surface area (Å²) >= 11 is 11.9. The van der Waals surface area contributed by atoms with Gasteiger partial charge in [-0.05, 0) is 24.3 Å². The van der Waals surface area contributed by atoms with Crippen LogP contribution in [0.2, 0.25) is 10.0 Å². The van der Waals surface area contributed by atoms with Gasteiger partial charge in [0.15, 0.2) is 6.61 Å². The van der Waals surface area contributed by atoms with Crippen molar-refractivity contribution in [3.8, 4) is 11.6 Å². The number of halogens is 2. The van der Waals surface area contributed by atoms with Gasteiger partial charge in [0.1, 0.15) is 11.9 Å². The summed E-state index contributed by atoms with van der Waals surface area (Å²) < 4.78 is 11.3. The van der Waals surface area contributed by atoms with Crippen molar-refractivity contribution in [3.05, 3.63) is 52.6 Å². The fourth-order valence-corrected chi connectivity index (χ4v) is 2.92. The average molecular weight is 367 g/mol. The largest absolute Gasteiger partial charge is 0.482 e. The molecule has 0 N–H and O–H groups in total. The zero-order valence-corrected chi connectivity index (χ0v) is 14.3. The van der Waals surface area contributed by atoms with Gasteiger partial charge in [0.2, 0.25) is 5.88 Å². The molecule has 1 unspecified atom stereocenters. The Morgan fingerprint density at radius 1 is 1.29 bits per heavy atom. The molecule has 0 aliphatic carbocycles. The molecule has 1 aliphatic rings. The van der Waals surface area contributed by atoms with Crippen molar-refractivity contribution in [2.45, 2.75) is 12.5 Å². The number of ether oxygens (including phenoxy) is 2. The van der Waals surface area contributed by atoms with Crippen LogP contribution in [0.25, 0.3) is 0 Å². The summed E-state index contributed by atoms with van der Waals surface area (Å²) in [6, 6.07) is 10.4. The topological polar surface area (TPSA) is 51.7 Å². The van der Waals surface area contributed by atoms with Crippen molar-refractivity contribution in [3.63, 3.8) is 0 Å². The molecule has 2 heterocycles. The minimum Gasteiger partial charge on any atom is -0.482 e. The Hall–Kier alpha value is -1.98. The SMILES string of the molecule is O=C(COc1ccc(Cl)cc1Cl)N1CCC(Oc2ccccn2)C1. The molecule has 0 spiro atoms. The van der Waals surface area contributed by atoms with E-state index in [0.29, 0.717) is 34.8 Å². The van der Waals surface area contributed by atoms with E-state index >= 15 is 0 Å². The molecule has 126 valence electrons. The number of hydrogen-bond acceptors (Lipinski definition) is 4. The van der Waals surface area contributed by atoms with E-state index in [1.165, 1.54) is 0 Å². The van der Waals surface area contributed by atoms with Crippen molar-refractivity contribution in [2.75, 3.05) is 19.7 Å². The van der Waals surface area contributed by atoms with E-state index in [2.05, 4.69) is 4.98 Å². The lowest BCUT2D eigenvalue weighted by molar-refractivity contribution is -0.132. The standard InChI is InChI=1S/C17H16Cl2N2O3/c18-12-4-5-15(14(19)9-12)23-11-17(22)21-8-6-13(10-21)24-16-3-1-2-7-20-16/h1-5,7,9,13H,6,8,10-11H2. The lowest BCUT2D eigenvalue weighted by Gasteiger charge is -2.17. The van der Waals surface area contributed by atoms with Crippen LogP contribution < -0.4 is 9.47 Å². The number of likely N-dealkylation sites (tertiary alicyclic amines) is 1. The van der Waals surface area contributed by atoms with Gasteiger partial charge in [-0.15, -0.1) is 0 Å². The number of hydrogen-bond donors (Lipinski definition) is 0. The molecular weight excluding hydrogens is 351 g/mol. The quantitative estimate of drug-likeness (QED) is 0.812. The normalized spacial score (nSPS) is 16.9. The fraction of sp³-hybridized carbons (Fsp3) is 0.294. The van der Waals surface area contributed by atoms with Gasteiger partial charge in [-0.1, -0.05) is 29.3 Å². The smallest absolute Gasteiger partial charge is 0.260 e. The highest BCUT2D eigenvalue weighted by molar-refractivity contribution is 6.35. The number of rotatable bonds is 5. The van der Waals surface area contributed by atoms with Crippen molar-refractivity contribution in [1.82, 2.24) is 9.88 Å². The summed E-state index contributed by atoms with van der Waals surface area (Å²) in [5.41, 5.74) is 0. The maximum absolute atomic E-state index is 12.3. The number of pyridine rings is 1. The fourth-order valence-electron chi connectivity index (χ4n) is 2.46. The van der Waals surface area contributed by atoms with E-state index in [1.807, 2.05) is 12.1 Å².